The SMILES string of the molecule is COc1ccc(CCCNC(=O)N2C[C@H]3CC[C@@H](C2)NC3)cc1. The molecule has 2 amide bonds. The van der Waals surface area contributed by atoms with E-state index in [0.717, 1.165) is 44.8 Å². The van der Waals surface area contributed by atoms with Gasteiger partial charge in [0.15, 0.2) is 0 Å². The van der Waals surface area contributed by atoms with Gasteiger partial charge in [-0.25, -0.2) is 4.79 Å². The second-order valence-electron chi connectivity index (χ2n) is 6.64. The Hall–Kier alpha value is -1.75. The number of hydrogen-bond acceptors (Lipinski definition) is 3. The monoisotopic (exact) mass is 317 g/mol. The van der Waals surface area contributed by atoms with Gasteiger partial charge in [0, 0.05) is 25.7 Å². The van der Waals surface area contributed by atoms with E-state index in [4.69, 9.17) is 4.74 Å². The van der Waals surface area contributed by atoms with Crippen molar-refractivity contribution in [2.24, 2.45) is 5.92 Å². The van der Waals surface area contributed by atoms with Gasteiger partial charge in [0.25, 0.3) is 0 Å². The highest BCUT2D eigenvalue weighted by Gasteiger charge is 2.30. The van der Waals surface area contributed by atoms with Crippen LogP contribution in [0, 0.1) is 5.92 Å². The van der Waals surface area contributed by atoms with Gasteiger partial charge in [0.1, 0.15) is 5.75 Å². The summed E-state index contributed by atoms with van der Waals surface area (Å²) in [7, 11) is 1.68. The molecule has 5 nitrogen and oxygen atoms in total. The van der Waals surface area contributed by atoms with Gasteiger partial charge in [-0.1, -0.05) is 12.1 Å². The highest BCUT2D eigenvalue weighted by Crippen LogP contribution is 2.21. The van der Waals surface area contributed by atoms with E-state index in [1.54, 1.807) is 7.11 Å². The third-order valence-electron chi connectivity index (χ3n) is 4.90. The molecule has 3 fully saturated rings. The number of urea groups is 1. The Bertz CT molecular complexity index is 496. The number of aryl methyl sites for hydroxylation is 1. The minimum atomic E-state index is 0.0975. The molecule has 126 valence electrons. The molecule has 0 saturated carbocycles. The highest BCUT2D eigenvalue weighted by molar-refractivity contribution is 5.74. The lowest BCUT2D eigenvalue weighted by molar-refractivity contribution is 0.195. The number of amides is 2. The molecule has 2 N–H and O–H groups in total. The van der Waals surface area contributed by atoms with E-state index >= 15 is 0 Å². The van der Waals surface area contributed by atoms with Crippen molar-refractivity contribution in [2.45, 2.75) is 31.7 Å². The van der Waals surface area contributed by atoms with Gasteiger partial charge in [-0.05, 0) is 55.8 Å². The molecule has 5 heteroatoms. The molecule has 23 heavy (non-hydrogen) atoms. The van der Waals surface area contributed by atoms with Crippen LogP contribution in [0.5, 0.6) is 5.75 Å². The lowest BCUT2D eigenvalue weighted by Crippen LogP contribution is -2.44. The van der Waals surface area contributed by atoms with Crippen molar-refractivity contribution in [3.8, 4) is 5.75 Å². The zero-order valence-electron chi connectivity index (χ0n) is 13.9. The van der Waals surface area contributed by atoms with Crippen molar-refractivity contribution in [2.75, 3.05) is 33.3 Å². The summed E-state index contributed by atoms with van der Waals surface area (Å²) in [6.07, 6.45) is 4.37. The summed E-state index contributed by atoms with van der Waals surface area (Å²) < 4.78 is 5.16. The van der Waals surface area contributed by atoms with Crippen molar-refractivity contribution >= 4 is 6.03 Å². The van der Waals surface area contributed by atoms with Gasteiger partial charge >= 0.3 is 6.03 Å². The number of piperidine rings is 1. The summed E-state index contributed by atoms with van der Waals surface area (Å²) in [5.41, 5.74) is 1.28. The van der Waals surface area contributed by atoms with E-state index in [1.807, 2.05) is 17.0 Å². The Morgan fingerprint density at radius 3 is 2.83 bits per heavy atom. The van der Waals surface area contributed by atoms with Crippen LogP contribution in [-0.4, -0.2) is 50.3 Å². The molecule has 3 heterocycles. The van der Waals surface area contributed by atoms with Gasteiger partial charge in [-0.15, -0.1) is 0 Å². The topological polar surface area (TPSA) is 53.6 Å². The molecule has 2 atom stereocenters. The highest BCUT2D eigenvalue weighted by atomic mass is 16.5. The van der Waals surface area contributed by atoms with E-state index in [9.17, 15) is 4.79 Å². The Morgan fingerprint density at radius 1 is 1.30 bits per heavy atom. The molecule has 0 unspecified atom stereocenters. The molecule has 0 aromatic heterocycles. The molecule has 1 aromatic rings. The van der Waals surface area contributed by atoms with Crippen LogP contribution in [0.1, 0.15) is 24.8 Å². The molecule has 3 saturated heterocycles. The zero-order chi connectivity index (χ0) is 16.1. The standard InChI is InChI=1S/C18H27N3O2/c1-23-17-8-5-14(6-9-17)3-2-10-19-18(22)21-12-15-4-7-16(13-21)20-11-15/h5-6,8-9,15-16,20H,2-4,7,10-13H2,1H3,(H,19,22)/t15-,16-/m0/s1. The van der Waals surface area contributed by atoms with Crippen LogP contribution in [0.4, 0.5) is 4.79 Å². The predicted octanol–water partition coefficient (Wildman–Crippen LogP) is 2.02. The molecule has 0 spiro atoms. The quantitative estimate of drug-likeness (QED) is 0.817. The maximum atomic E-state index is 12.3. The number of fused-ring (bicyclic) bond motifs is 4. The summed E-state index contributed by atoms with van der Waals surface area (Å²) in [4.78, 5) is 14.3. The van der Waals surface area contributed by atoms with Crippen LogP contribution < -0.4 is 15.4 Å². The summed E-state index contributed by atoms with van der Waals surface area (Å²) in [6, 6.07) is 8.71. The summed E-state index contributed by atoms with van der Waals surface area (Å²) >= 11 is 0. The molecule has 2 bridgehead atoms. The number of nitrogens with zero attached hydrogens (tertiary/aromatic N) is 1. The molecule has 3 aliphatic rings. The molecule has 3 aliphatic heterocycles. The maximum absolute atomic E-state index is 12.3. The van der Waals surface area contributed by atoms with E-state index in [2.05, 4.69) is 22.8 Å². The second-order valence-corrected chi connectivity index (χ2v) is 6.64. The van der Waals surface area contributed by atoms with Gasteiger partial charge in [-0.3, -0.25) is 0 Å². The molecule has 1 aromatic carbocycles. The first kappa shape index (κ1) is 16.1. The first-order valence-electron chi connectivity index (χ1n) is 8.63. The van der Waals surface area contributed by atoms with Gasteiger partial charge < -0.3 is 20.3 Å². The number of ether oxygens (including phenoxy) is 1. The average Bonchev–Trinajstić information content (AvgIpc) is 2.93. The number of benzene rings is 1. The minimum absolute atomic E-state index is 0.0975. The van der Waals surface area contributed by atoms with Crippen molar-refractivity contribution < 1.29 is 9.53 Å². The summed E-state index contributed by atoms with van der Waals surface area (Å²) in [5.74, 6) is 1.50. The number of carbonyl (C=O) groups is 1. The van der Waals surface area contributed by atoms with E-state index in [-0.39, 0.29) is 6.03 Å². The van der Waals surface area contributed by atoms with Crippen molar-refractivity contribution in [3.63, 3.8) is 0 Å². The Morgan fingerprint density at radius 2 is 2.13 bits per heavy atom. The first-order valence-corrected chi connectivity index (χ1v) is 8.63. The largest absolute Gasteiger partial charge is 0.497 e. The fraction of sp³-hybridized carbons (Fsp3) is 0.611. The molecular formula is C18H27N3O2. The zero-order valence-corrected chi connectivity index (χ0v) is 13.9. The lowest BCUT2D eigenvalue weighted by atomic mass is 9.97. The number of rotatable bonds is 5. The van der Waals surface area contributed by atoms with Crippen LogP contribution in [0.15, 0.2) is 24.3 Å². The fourth-order valence-corrected chi connectivity index (χ4v) is 3.50. The Balaban J connectivity index is 1.39. The second kappa shape index (κ2) is 7.68. The summed E-state index contributed by atoms with van der Waals surface area (Å²) in [6.45, 7) is 3.53. The molecule has 0 aliphatic carbocycles. The molecule has 4 rings (SSSR count). The number of nitrogens with one attached hydrogen (secondary N) is 2. The van der Waals surface area contributed by atoms with E-state index < -0.39 is 0 Å². The van der Waals surface area contributed by atoms with Crippen molar-refractivity contribution in [1.82, 2.24) is 15.5 Å². The average molecular weight is 317 g/mol. The Labute approximate surface area is 138 Å². The van der Waals surface area contributed by atoms with Crippen LogP contribution in [0.2, 0.25) is 0 Å². The van der Waals surface area contributed by atoms with Gasteiger partial charge in [0.2, 0.25) is 0 Å². The van der Waals surface area contributed by atoms with E-state index in [1.165, 1.54) is 18.4 Å². The Kier molecular flexibility index (Phi) is 5.39. The third kappa shape index (κ3) is 4.38. The number of hydrogen-bond donors (Lipinski definition) is 2. The molecular weight excluding hydrogens is 290 g/mol. The number of carbonyl (C=O) groups excluding carboxylic acids is 1. The van der Waals surface area contributed by atoms with Crippen LogP contribution in [0.25, 0.3) is 0 Å². The van der Waals surface area contributed by atoms with Crippen LogP contribution in [-0.2, 0) is 6.42 Å². The minimum Gasteiger partial charge on any atom is -0.497 e. The first-order chi connectivity index (χ1) is 11.2. The van der Waals surface area contributed by atoms with Gasteiger partial charge in [0.05, 0.1) is 7.11 Å². The van der Waals surface area contributed by atoms with Crippen LogP contribution >= 0.6 is 0 Å². The molecule has 0 radical (unpaired) electrons. The predicted molar refractivity (Wildman–Crippen MR) is 90.8 cm³/mol. The van der Waals surface area contributed by atoms with Crippen molar-refractivity contribution in [1.29, 1.82) is 0 Å². The lowest BCUT2D eigenvalue weighted by Gasteiger charge is -2.23. The maximum Gasteiger partial charge on any atom is 0.317 e. The van der Waals surface area contributed by atoms with E-state index in [0.29, 0.717) is 12.0 Å². The normalized spacial score (nSPS) is 23.4. The number of methoxy groups -OCH3 is 1. The third-order valence-corrected chi connectivity index (χ3v) is 4.90. The van der Waals surface area contributed by atoms with Crippen LogP contribution in [0.3, 0.4) is 0 Å². The fourth-order valence-electron chi connectivity index (χ4n) is 3.50. The summed E-state index contributed by atoms with van der Waals surface area (Å²) in [5, 5.41) is 6.61. The smallest absolute Gasteiger partial charge is 0.317 e. The van der Waals surface area contributed by atoms with Gasteiger partial charge in [-0.2, -0.15) is 0 Å². The van der Waals surface area contributed by atoms with Crippen molar-refractivity contribution in [3.05, 3.63) is 29.8 Å².